The van der Waals surface area contributed by atoms with Crippen molar-refractivity contribution < 1.29 is 19.1 Å². The van der Waals surface area contributed by atoms with Crippen LogP contribution in [0.4, 0.5) is 0 Å². The van der Waals surface area contributed by atoms with Gasteiger partial charge in [-0.2, -0.15) is 0 Å². The minimum Gasteiger partial charge on any atom is -0.422 e. The Morgan fingerprint density at radius 2 is 2.03 bits per heavy atom. The van der Waals surface area contributed by atoms with E-state index >= 15 is 0 Å². The van der Waals surface area contributed by atoms with Crippen LogP contribution in [0.25, 0.3) is 16.2 Å². The summed E-state index contributed by atoms with van der Waals surface area (Å²) in [5.74, 6) is -0.198. The molecule has 0 N–H and O–H groups in total. The molecule has 5 rings (SSSR count). The van der Waals surface area contributed by atoms with Crippen molar-refractivity contribution in [3.05, 3.63) is 68.9 Å². The Kier molecular flexibility index (Phi) is 6.53. The predicted octanol–water partition coefficient (Wildman–Crippen LogP) is 6.15. The number of thiocarbonyl (C=S) groups is 1. The molecule has 3 aromatic rings. The molecule has 33 heavy (non-hydrogen) atoms. The molecule has 168 valence electrons. The number of nitrogens with zero attached hydrogens (tertiary/aromatic N) is 1. The van der Waals surface area contributed by atoms with Crippen LogP contribution in [0, 0.1) is 0 Å². The van der Waals surface area contributed by atoms with Crippen molar-refractivity contribution in [3.8, 4) is 5.75 Å². The largest absolute Gasteiger partial charge is 0.422 e. The molecule has 0 saturated carbocycles. The highest BCUT2D eigenvalue weighted by Crippen LogP contribution is 2.36. The van der Waals surface area contributed by atoms with Crippen LogP contribution in [-0.2, 0) is 9.53 Å². The number of hydrogen-bond acceptors (Lipinski definition) is 7. The molecule has 1 atom stereocenters. The average molecular weight is 516 g/mol. The maximum Gasteiger partial charge on any atom is 0.355 e. The molecule has 5 nitrogen and oxygen atoms in total. The molecule has 2 saturated heterocycles. The smallest absolute Gasteiger partial charge is 0.355 e. The number of fused-ring (bicyclic) bond motifs is 1. The molecular weight excluding hydrogens is 498 g/mol. The first-order valence-corrected chi connectivity index (χ1v) is 12.8. The third-order valence-corrected chi connectivity index (χ3v) is 8.43. The lowest BCUT2D eigenvalue weighted by atomic mass is 10.2. The monoisotopic (exact) mass is 515 g/mol. The molecule has 3 heterocycles. The summed E-state index contributed by atoms with van der Waals surface area (Å²) >= 11 is 14.4. The van der Waals surface area contributed by atoms with Gasteiger partial charge in [0.05, 0.1) is 22.6 Å². The van der Waals surface area contributed by atoms with Crippen LogP contribution >= 0.6 is 46.9 Å². The van der Waals surface area contributed by atoms with Crippen LogP contribution in [0.1, 0.15) is 28.1 Å². The summed E-state index contributed by atoms with van der Waals surface area (Å²) in [6.45, 7) is 1.23. The second-order valence-corrected chi connectivity index (χ2v) is 10.7. The number of carbonyl (C=O) groups excluding carboxylic acids is 2. The van der Waals surface area contributed by atoms with E-state index in [2.05, 4.69) is 0 Å². The van der Waals surface area contributed by atoms with E-state index in [4.69, 9.17) is 33.3 Å². The molecule has 0 bridgehead atoms. The first kappa shape index (κ1) is 22.6. The van der Waals surface area contributed by atoms with Crippen LogP contribution in [-0.4, -0.2) is 40.4 Å². The molecule has 1 aromatic heterocycles. The lowest BCUT2D eigenvalue weighted by Crippen LogP contribution is -2.35. The van der Waals surface area contributed by atoms with Crippen molar-refractivity contribution in [2.24, 2.45) is 0 Å². The molecule has 9 heteroatoms. The van der Waals surface area contributed by atoms with E-state index in [-0.39, 0.29) is 12.0 Å². The first-order valence-electron chi connectivity index (χ1n) is 10.4. The van der Waals surface area contributed by atoms with Gasteiger partial charge in [0.25, 0.3) is 5.91 Å². The number of thiophene rings is 1. The highest BCUT2D eigenvalue weighted by molar-refractivity contribution is 8.26. The highest BCUT2D eigenvalue weighted by atomic mass is 35.5. The Hall–Kier alpha value is -2.23. The molecule has 2 fully saturated rings. The van der Waals surface area contributed by atoms with Crippen molar-refractivity contribution in [2.75, 3.05) is 13.2 Å². The minimum absolute atomic E-state index is 0.0512. The van der Waals surface area contributed by atoms with Gasteiger partial charge in [0.2, 0.25) is 0 Å². The third kappa shape index (κ3) is 4.72. The summed E-state index contributed by atoms with van der Waals surface area (Å²) in [6, 6.07) is 14.5. The molecule has 1 amide bonds. The number of ether oxygens (including phenoxy) is 2. The number of thioether (sulfide) groups is 1. The average Bonchev–Trinajstić information content (AvgIpc) is 3.51. The van der Waals surface area contributed by atoms with Crippen molar-refractivity contribution in [1.82, 2.24) is 4.90 Å². The van der Waals surface area contributed by atoms with E-state index in [0.717, 1.165) is 35.1 Å². The Morgan fingerprint density at radius 1 is 1.24 bits per heavy atom. The second kappa shape index (κ2) is 9.56. The van der Waals surface area contributed by atoms with Gasteiger partial charge in [-0.3, -0.25) is 9.69 Å². The summed E-state index contributed by atoms with van der Waals surface area (Å²) in [4.78, 5) is 28.0. The van der Waals surface area contributed by atoms with Crippen molar-refractivity contribution in [1.29, 1.82) is 0 Å². The Bertz CT molecular complexity index is 1280. The molecule has 2 aromatic carbocycles. The lowest BCUT2D eigenvalue weighted by molar-refractivity contribution is -0.123. The summed E-state index contributed by atoms with van der Waals surface area (Å²) in [7, 11) is 0. The fraction of sp³-hybridized carbons (Fsp3) is 0.208. The Balaban J connectivity index is 1.27. The number of hydrogen-bond donors (Lipinski definition) is 0. The molecule has 0 spiro atoms. The molecular formula is C24H18ClNO4S3. The zero-order chi connectivity index (χ0) is 22.9. The van der Waals surface area contributed by atoms with Crippen LogP contribution in [0.5, 0.6) is 5.75 Å². The standard InChI is InChI=1S/C24H18ClNO4S3/c25-20-17-5-1-2-6-18(17)32-21(20)23(28)30-15-9-7-14(8-10-15)12-19-22(27)26(24(31)33-19)13-16-4-3-11-29-16/h1-2,5-10,12,16H,3-4,11,13H2. The van der Waals surface area contributed by atoms with Gasteiger partial charge in [0, 0.05) is 16.7 Å². The van der Waals surface area contributed by atoms with Crippen molar-refractivity contribution in [3.63, 3.8) is 0 Å². The zero-order valence-electron chi connectivity index (χ0n) is 17.3. The quantitative estimate of drug-likeness (QED) is 0.176. The van der Waals surface area contributed by atoms with Gasteiger partial charge in [0.15, 0.2) is 0 Å². The normalized spacial score (nSPS) is 19.7. The maximum absolute atomic E-state index is 12.8. The van der Waals surface area contributed by atoms with E-state index in [0.29, 0.717) is 31.4 Å². The first-order chi connectivity index (χ1) is 16.0. The SMILES string of the molecule is O=C(Oc1ccc(C=C2SC(=S)N(CC3CCCO3)C2=O)cc1)c1sc2ccccc2c1Cl. The molecule has 0 aliphatic carbocycles. The Morgan fingerprint density at radius 3 is 2.76 bits per heavy atom. The fourth-order valence-corrected chi connectivity index (χ4v) is 6.39. The summed E-state index contributed by atoms with van der Waals surface area (Å²) in [6.07, 6.45) is 3.81. The number of carbonyl (C=O) groups is 2. The van der Waals surface area contributed by atoms with Gasteiger partial charge >= 0.3 is 5.97 Å². The third-order valence-electron chi connectivity index (χ3n) is 5.39. The van der Waals surface area contributed by atoms with Crippen LogP contribution < -0.4 is 4.74 Å². The molecule has 0 radical (unpaired) electrons. The fourth-order valence-electron chi connectivity index (χ4n) is 3.73. The van der Waals surface area contributed by atoms with Crippen LogP contribution in [0.15, 0.2) is 53.4 Å². The summed E-state index contributed by atoms with van der Waals surface area (Å²) in [5.41, 5.74) is 0.812. The number of esters is 1. The topological polar surface area (TPSA) is 55.8 Å². The number of benzene rings is 2. The van der Waals surface area contributed by atoms with Crippen LogP contribution in [0.3, 0.4) is 0 Å². The summed E-state index contributed by atoms with van der Waals surface area (Å²) in [5, 5.41) is 1.24. The lowest BCUT2D eigenvalue weighted by Gasteiger charge is -2.18. The summed E-state index contributed by atoms with van der Waals surface area (Å²) < 4.78 is 12.6. The number of rotatable bonds is 5. The number of halogens is 1. The van der Waals surface area contributed by atoms with Crippen LogP contribution in [0.2, 0.25) is 5.02 Å². The van der Waals surface area contributed by atoms with Gasteiger partial charge in [0.1, 0.15) is 14.9 Å². The zero-order valence-corrected chi connectivity index (χ0v) is 20.5. The molecule has 2 aliphatic rings. The van der Waals surface area contributed by atoms with E-state index in [1.807, 2.05) is 24.3 Å². The van der Waals surface area contributed by atoms with Gasteiger partial charge in [-0.25, -0.2) is 4.79 Å². The Labute approximate surface area is 209 Å². The van der Waals surface area contributed by atoms with E-state index < -0.39 is 5.97 Å². The second-order valence-electron chi connectivity index (χ2n) is 7.63. The maximum atomic E-state index is 12.8. The van der Waals surface area contributed by atoms with Crippen molar-refractivity contribution in [2.45, 2.75) is 18.9 Å². The van der Waals surface area contributed by atoms with Gasteiger partial charge in [-0.15, -0.1) is 11.3 Å². The van der Waals surface area contributed by atoms with Gasteiger partial charge < -0.3 is 9.47 Å². The van der Waals surface area contributed by atoms with Gasteiger partial charge in [-0.05, 0) is 42.7 Å². The molecule has 2 aliphatic heterocycles. The van der Waals surface area contributed by atoms with Crippen molar-refractivity contribution >= 4 is 79.3 Å². The van der Waals surface area contributed by atoms with E-state index in [1.165, 1.54) is 23.1 Å². The minimum atomic E-state index is -0.496. The predicted molar refractivity (Wildman–Crippen MR) is 137 cm³/mol. The van der Waals surface area contributed by atoms with E-state index in [1.54, 1.807) is 35.2 Å². The number of amides is 1. The highest BCUT2D eigenvalue weighted by Gasteiger charge is 2.34. The van der Waals surface area contributed by atoms with E-state index in [9.17, 15) is 9.59 Å². The molecule has 1 unspecified atom stereocenters. The van der Waals surface area contributed by atoms with Gasteiger partial charge in [-0.1, -0.05) is 65.9 Å².